The van der Waals surface area contributed by atoms with Crippen LogP contribution < -0.4 is 16.4 Å². The first-order chi connectivity index (χ1) is 24.3. The second-order valence-corrected chi connectivity index (χ2v) is 13.2. The molecule has 4 aromatic carbocycles. The normalized spacial score (nSPS) is 17.2. The van der Waals surface area contributed by atoms with E-state index in [-0.39, 0.29) is 36.2 Å². The molecule has 0 saturated carbocycles. The molecule has 3 unspecified atom stereocenters. The Balaban J connectivity index is 1.11. The topological polar surface area (TPSA) is 160 Å². The van der Waals surface area contributed by atoms with Gasteiger partial charge in [-0.05, 0) is 60.4 Å². The molecule has 50 heavy (non-hydrogen) atoms. The van der Waals surface area contributed by atoms with Crippen LogP contribution in [0.4, 0.5) is 17.1 Å². The number of aromatic carboxylic acids is 1. The first kappa shape index (κ1) is 36.6. The van der Waals surface area contributed by atoms with Gasteiger partial charge in [-0.2, -0.15) is 0 Å². The Hall–Kier alpha value is -4.68. The number of anilines is 3. The van der Waals surface area contributed by atoms with Crippen LogP contribution in [0.1, 0.15) is 84.4 Å². The summed E-state index contributed by atoms with van der Waals surface area (Å²) in [6.07, 6.45) is 3.30. The molecule has 11 heteroatoms. The minimum Gasteiger partial charge on any atom is -0.478 e. The summed E-state index contributed by atoms with van der Waals surface area (Å²) >= 11 is 1.44. The molecule has 2 amide bonds. The van der Waals surface area contributed by atoms with E-state index in [0.717, 1.165) is 42.4 Å². The molecule has 1 aliphatic heterocycles. The average molecular weight is 698 g/mol. The SMILES string of the molecule is Nc1ccccc1NC(=O)CCCCCCC(=O)Nc1ccc(C2OC(CSc3ccccc3C(=O)O)CC(c3ccc(CO)cc3)O2)cc1. The van der Waals surface area contributed by atoms with Crippen LogP contribution in [0.2, 0.25) is 0 Å². The zero-order valence-electron chi connectivity index (χ0n) is 27.8. The van der Waals surface area contributed by atoms with Crippen LogP contribution in [0.15, 0.2) is 102 Å². The Labute approximate surface area is 296 Å². The Morgan fingerprint density at radius 3 is 2.08 bits per heavy atom. The van der Waals surface area contributed by atoms with Crippen molar-refractivity contribution in [1.82, 2.24) is 0 Å². The molecule has 4 aromatic rings. The number of amides is 2. The zero-order valence-corrected chi connectivity index (χ0v) is 28.6. The quantitative estimate of drug-likeness (QED) is 0.0449. The minimum absolute atomic E-state index is 0.0467. The van der Waals surface area contributed by atoms with E-state index in [1.165, 1.54) is 11.8 Å². The maximum absolute atomic E-state index is 12.6. The number of rotatable bonds is 16. The highest BCUT2D eigenvalue weighted by Gasteiger charge is 2.32. The number of carboxylic acids is 1. The number of nitrogens with two attached hydrogens (primary N) is 1. The molecule has 6 N–H and O–H groups in total. The largest absolute Gasteiger partial charge is 0.478 e. The van der Waals surface area contributed by atoms with E-state index in [1.807, 2.05) is 66.7 Å². The lowest BCUT2D eigenvalue weighted by molar-refractivity contribution is -0.245. The maximum atomic E-state index is 12.6. The average Bonchev–Trinajstić information content (AvgIpc) is 3.13. The van der Waals surface area contributed by atoms with E-state index < -0.39 is 12.3 Å². The number of unbranched alkanes of at least 4 members (excludes halogenated alkanes) is 3. The molecule has 0 aromatic heterocycles. The fourth-order valence-electron chi connectivity index (χ4n) is 5.67. The molecule has 0 radical (unpaired) electrons. The molecule has 5 rings (SSSR count). The first-order valence-corrected chi connectivity index (χ1v) is 17.8. The van der Waals surface area contributed by atoms with Crippen LogP contribution in [0.25, 0.3) is 0 Å². The van der Waals surface area contributed by atoms with E-state index in [1.54, 1.807) is 30.3 Å². The number of nitrogens with one attached hydrogen (secondary N) is 2. The molecule has 1 saturated heterocycles. The third-order valence-electron chi connectivity index (χ3n) is 8.42. The second kappa shape index (κ2) is 18.4. The van der Waals surface area contributed by atoms with Gasteiger partial charge in [0.25, 0.3) is 0 Å². The van der Waals surface area contributed by atoms with Crippen LogP contribution >= 0.6 is 11.8 Å². The Morgan fingerprint density at radius 2 is 1.40 bits per heavy atom. The van der Waals surface area contributed by atoms with E-state index in [9.17, 15) is 24.6 Å². The van der Waals surface area contributed by atoms with E-state index >= 15 is 0 Å². The van der Waals surface area contributed by atoms with Crippen LogP contribution in [0.3, 0.4) is 0 Å². The number of aliphatic hydroxyl groups excluding tert-OH is 1. The van der Waals surface area contributed by atoms with Crippen molar-refractivity contribution in [2.75, 3.05) is 22.1 Å². The van der Waals surface area contributed by atoms with Crippen molar-refractivity contribution in [3.63, 3.8) is 0 Å². The number of carbonyl (C=O) groups is 3. The van der Waals surface area contributed by atoms with Gasteiger partial charge < -0.3 is 36.1 Å². The van der Waals surface area contributed by atoms with Gasteiger partial charge in [0.15, 0.2) is 6.29 Å². The monoisotopic (exact) mass is 697 g/mol. The predicted molar refractivity (Wildman–Crippen MR) is 195 cm³/mol. The summed E-state index contributed by atoms with van der Waals surface area (Å²) in [6.45, 7) is -0.0467. The molecular weight excluding hydrogens is 655 g/mol. The molecule has 10 nitrogen and oxygen atoms in total. The van der Waals surface area contributed by atoms with Gasteiger partial charge in [-0.1, -0.05) is 73.5 Å². The van der Waals surface area contributed by atoms with E-state index in [0.29, 0.717) is 47.0 Å². The number of para-hydroxylation sites is 2. The fraction of sp³-hybridized carbons (Fsp3) is 0.308. The number of carbonyl (C=O) groups excluding carboxylic acids is 2. The highest BCUT2D eigenvalue weighted by molar-refractivity contribution is 7.99. The zero-order chi connectivity index (χ0) is 35.3. The highest BCUT2D eigenvalue weighted by atomic mass is 32.2. The number of carboxylic acid groups (broad SMARTS) is 1. The van der Waals surface area contributed by atoms with Crippen LogP contribution in [-0.4, -0.2) is 39.9 Å². The summed E-state index contributed by atoms with van der Waals surface area (Å²) in [4.78, 5) is 37.2. The number of hydrogen-bond acceptors (Lipinski definition) is 8. The molecule has 262 valence electrons. The summed E-state index contributed by atoms with van der Waals surface area (Å²) in [5.41, 5.74) is 10.5. The van der Waals surface area contributed by atoms with Gasteiger partial charge >= 0.3 is 5.97 Å². The van der Waals surface area contributed by atoms with Crippen molar-refractivity contribution in [2.45, 2.75) is 74.9 Å². The van der Waals surface area contributed by atoms with Crippen molar-refractivity contribution in [3.8, 4) is 0 Å². The maximum Gasteiger partial charge on any atom is 0.336 e. The Morgan fingerprint density at radius 1 is 0.760 bits per heavy atom. The van der Waals surface area contributed by atoms with Crippen molar-refractivity contribution in [1.29, 1.82) is 0 Å². The smallest absolute Gasteiger partial charge is 0.336 e. The van der Waals surface area contributed by atoms with Crippen LogP contribution in [0, 0.1) is 0 Å². The standard InChI is InChI=1S/C39H43N3O7S/c40-32-10-6-7-11-33(32)42-37(45)14-4-2-1-3-13-36(44)41-29-21-19-28(20-22-29)39-48-30(25-50-35-12-8-5-9-31(35)38(46)47)23-34(49-39)27-17-15-26(24-43)16-18-27/h5-12,15-22,30,34,39,43H,1-4,13-14,23-25,40H2,(H,41,44)(H,42,45)(H,46,47). The van der Waals surface area contributed by atoms with Gasteiger partial charge in [0, 0.05) is 41.2 Å². The third kappa shape index (κ3) is 10.7. The number of ether oxygens (including phenoxy) is 2. The van der Waals surface area contributed by atoms with Crippen molar-refractivity contribution in [3.05, 3.63) is 119 Å². The Bertz CT molecular complexity index is 1730. The summed E-state index contributed by atoms with van der Waals surface area (Å²) in [7, 11) is 0. The Kier molecular flexibility index (Phi) is 13.4. The molecular formula is C39H43N3O7S. The molecule has 0 aliphatic carbocycles. The van der Waals surface area contributed by atoms with Gasteiger partial charge in [-0.15, -0.1) is 11.8 Å². The van der Waals surface area contributed by atoms with Gasteiger partial charge in [-0.25, -0.2) is 4.79 Å². The highest BCUT2D eigenvalue weighted by Crippen LogP contribution is 2.40. The van der Waals surface area contributed by atoms with Gasteiger partial charge in [-0.3, -0.25) is 9.59 Å². The number of aliphatic hydroxyl groups is 1. The number of nitrogen functional groups attached to an aromatic ring is 1. The summed E-state index contributed by atoms with van der Waals surface area (Å²) < 4.78 is 12.8. The molecule has 1 heterocycles. The van der Waals surface area contributed by atoms with Crippen LogP contribution in [-0.2, 0) is 25.7 Å². The van der Waals surface area contributed by atoms with Crippen molar-refractivity contribution >= 4 is 46.6 Å². The fourth-order valence-corrected chi connectivity index (χ4v) is 6.74. The van der Waals surface area contributed by atoms with Gasteiger partial charge in [0.05, 0.1) is 35.8 Å². The predicted octanol–water partition coefficient (Wildman–Crippen LogP) is 7.71. The first-order valence-electron chi connectivity index (χ1n) is 16.8. The van der Waals surface area contributed by atoms with Gasteiger partial charge in [0.2, 0.25) is 11.8 Å². The summed E-state index contributed by atoms with van der Waals surface area (Å²) in [5, 5.41) is 24.9. The van der Waals surface area contributed by atoms with E-state index in [2.05, 4.69) is 10.6 Å². The number of benzene rings is 4. The second-order valence-electron chi connectivity index (χ2n) is 12.2. The minimum atomic E-state index is -0.972. The summed E-state index contributed by atoms with van der Waals surface area (Å²) in [5.74, 6) is -0.596. The van der Waals surface area contributed by atoms with Crippen LogP contribution in [0.5, 0.6) is 0 Å². The van der Waals surface area contributed by atoms with Gasteiger partial charge in [0.1, 0.15) is 0 Å². The molecule has 1 fully saturated rings. The molecule has 3 atom stereocenters. The summed E-state index contributed by atoms with van der Waals surface area (Å²) in [6, 6.07) is 29.1. The molecule has 0 spiro atoms. The number of thioether (sulfide) groups is 1. The lowest BCUT2D eigenvalue weighted by Crippen LogP contribution is -2.31. The van der Waals surface area contributed by atoms with Crippen molar-refractivity contribution in [2.24, 2.45) is 0 Å². The molecule has 0 bridgehead atoms. The van der Waals surface area contributed by atoms with Crippen molar-refractivity contribution < 1.29 is 34.1 Å². The molecule has 1 aliphatic rings. The van der Waals surface area contributed by atoms with E-state index in [4.69, 9.17) is 15.2 Å². The lowest BCUT2D eigenvalue weighted by atomic mass is 10.0. The third-order valence-corrected chi connectivity index (χ3v) is 9.62. The number of hydrogen-bond donors (Lipinski definition) is 5. The lowest BCUT2D eigenvalue weighted by Gasteiger charge is -2.36.